The Hall–Kier alpha value is -4.21. The van der Waals surface area contributed by atoms with Gasteiger partial charge in [0.25, 0.3) is 5.91 Å². The van der Waals surface area contributed by atoms with Crippen molar-refractivity contribution in [3.8, 4) is 0 Å². The molecule has 2 aromatic carbocycles. The van der Waals surface area contributed by atoms with Gasteiger partial charge >= 0.3 is 0 Å². The second-order valence-electron chi connectivity index (χ2n) is 9.20. The molecule has 4 aromatic rings. The predicted molar refractivity (Wildman–Crippen MR) is 149 cm³/mol. The molecule has 5 rings (SSSR count). The lowest BCUT2D eigenvalue weighted by molar-refractivity contribution is 0.0954. The van der Waals surface area contributed by atoms with Crippen LogP contribution in [0.25, 0.3) is 21.8 Å². The monoisotopic (exact) mass is 499 g/mol. The van der Waals surface area contributed by atoms with Crippen LogP contribution in [-0.4, -0.2) is 52.0 Å². The van der Waals surface area contributed by atoms with Crippen molar-refractivity contribution in [1.82, 2.24) is 25.3 Å². The highest BCUT2D eigenvalue weighted by Crippen LogP contribution is 2.32. The first-order chi connectivity index (χ1) is 18.2. The molecule has 0 fully saturated rings. The number of carbonyl (C=O) groups excluding carboxylic acids is 1. The van der Waals surface area contributed by atoms with Crippen LogP contribution in [0, 0.1) is 0 Å². The summed E-state index contributed by atoms with van der Waals surface area (Å²) in [7, 11) is 0. The molecule has 6 N–H and O–H groups in total. The van der Waals surface area contributed by atoms with Crippen molar-refractivity contribution in [1.29, 1.82) is 0 Å². The zero-order chi connectivity index (χ0) is 25.5. The number of amides is 1. The van der Waals surface area contributed by atoms with E-state index in [1.165, 1.54) is 0 Å². The van der Waals surface area contributed by atoms with Crippen LogP contribution in [0.5, 0.6) is 0 Å². The van der Waals surface area contributed by atoms with Crippen molar-refractivity contribution >= 4 is 51.2 Å². The highest BCUT2D eigenvalue weighted by molar-refractivity contribution is 6.14. The van der Waals surface area contributed by atoms with Gasteiger partial charge in [0.1, 0.15) is 0 Å². The molecule has 0 saturated carbocycles. The number of hydrogen-bond donors (Lipinski definition) is 5. The third kappa shape index (κ3) is 5.96. The molecule has 6 bridgehead atoms. The Bertz CT molecular complexity index is 1390. The van der Waals surface area contributed by atoms with Crippen LogP contribution in [0.2, 0.25) is 0 Å². The first-order valence-electron chi connectivity index (χ1n) is 13.0. The molecule has 3 heterocycles. The van der Waals surface area contributed by atoms with E-state index in [1.54, 1.807) is 0 Å². The van der Waals surface area contributed by atoms with Crippen LogP contribution in [0.1, 0.15) is 48.9 Å². The normalized spacial score (nSPS) is 16.1. The number of nitrogen functional groups attached to an aromatic ring is 1. The fraction of sp³-hybridized carbons (Fsp3) is 0.370. The van der Waals surface area contributed by atoms with Crippen molar-refractivity contribution in [2.45, 2.75) is 38.5 Å². The molecule has 1 aliphatic heterocycles. The summed E-state index contributed by atoms with van der Waals surface area (Å²) in [5.41, 5.74) is 9.09. The van der Waals surface area contributed by atoms with E-state index in [9.17, 15) is 4.79 Å². The number of rotatable bonds is 0. The molecule has 10 heteroatoms. The van der Waals surface area contributed by atoms with E-state index in [0.29, 0.717) is 30.5 Å². The highest BCUT2D eigenvalue weighted by Gasteiger charge is 2.16. The molecule has 10 nitrogen and oxygen atoms in total. The summed E-state index contributed by atoms with van der Waals surface area (Å²) in [5, 5.41) is 15.2. The average Bonchev–Trinajstić information content (AvgIpc) is 2.90. The van der Waals surface area contributed by atoms with Gasteiger partial charge < -0.3 is 27.0 Å². The summed E-state index contributed by atoms with van der Waals surface area (Å²) >= 11 is 0. The Morgan fingerprint density at radius 3 is 1.97 bits per heavy atom. The van der Waals surface area contributed by atoms with E-state index in [2.05, 4.69) is 42.3 Å². The molecule has 2 aromatic heterocycles. The number of carbonyl (C=O) groups is 1. The second-order valence-corrected chi connectivity index (χ2v) is 9.20. The first-order valence-corrected chi connectivity index (χ1v) is 13.0. The molecule has 0 atom stereocenters. The lowest BCUT2D eigenvalue weighted by Crippen LogP contribution is -2.25. The van der Waals surface area contributed by atoms with E-state index in [4.69, 9.17) is 10.7 Å². The van der Waals surface area contributed by atoms with Gasteiger partial charge in [0.05, 0.1) is 22.3 Å². The summed E-state index contributed by atoms with van der Waals surface area (Å²) in [4.78, 5) is 30.8. The average molecular weight is 500 g/mol. The lowest BCUT2D eigenvalue weighted by atomic mass is 10.0. The third-order valence-electron chi connectivity index (χ3n) is 6.47. The minimum atomic E-state index is -0.0970. The van der Waals surface area contributed by atoms with Crippen LogP contribution >= 0.6 is 0 Å². The zero-order valence-electron chi connectivity index (χ0n) is 20.9. The fourth-order valence-corrected chi connectivity index (χ4v) is 4.60. The molecule has 0 saturated heterocycles. The minimum absolute atomic E-state index is 0.0970. The molecule has 1 aliphatic rings. The van der Waals surface area contributed by atoms with Gasteiger partial charge in [0.2, 0.25) is 17.8 Å². The van der Waals surface area contributed by atoms with Crippen molar-refractivity contribution in [2.24, 2.45) is 0 Å². The summed E-state index contributed by atoms with van der Waals surface area (Å²) in [5.74, 6) is 1.06. The maximum Gasteiger partial charge on any atom is 0.253 e. The standard InChI is InChI=1S/C27H33N9O/c28-25-34-26-31-16-7-1-5-14-29-22-18-10-3-4-13-21(18)33-23-19(22)11-9-12-20(23)24(37)30-15-6-2-8-17-32-27(35-25)36-26/h3-4,9-13,29H,1-2,5-8,14-17H2,(H,30,37)(H4,28,31,32,34,35,36). The van der Waals surface area contributed by atoms with Gasteiger partial charge in [-0.05, 0) is 50.7 Å². The van der Waals surface area contributed by atoms with E-state index in [0.717, 1.165) is 79.1 Å². The Balaban J connectivity index is 1.38. The minimum Gasteiger partial charge on any atom is -0.384 e. The molecule has 37 heavy (non-hydrogen) atoms. The van der Waals surface area contributed by atoms with Crippen molar-refractivity contribution < 1.29 is 4.79 Å². The number of pyridine rings is 1. The van der Waals surface area contributed by atoms with Crippen molar-refractivity contribution in [2.75, 3.05) is 47.9 Å². The van der Waals surface area contributed by atoms with Gasteiger partial charge in [-0.3, -0.25) is 4.79 Å². The Morgan fingerprint density at radius 1 is 0.622 bits per heavy atom. The fourth-order valence-electron chi connectivity index (χ4n) is 4.60. The summed E-state index contributed by atoms with van der Waals surface area (Å²) in [6.45, 7) is 2.88. The van der Waals surface area contributed by atoms with E-state index in [-0.39, 0.29) is 11.9 Å². The zero-order valence-corrected chi connectivity index (χ0v) is 20.9. The highest BCUT2D eigenvalue weighted by atomic mass is 16.1. The Kier molecular flexibility index (Phi) is 7.73. The Morgan fingerprint density at radius 2 is 1.24 bits per heavy atom. The molecule has 1 amide bonds. The SMILES string of the molecule is Nc1nc2nc(n1)NCCCCCNc1c3ccccc3nc3c(cccc13)C(=O)NCCCCCN2. The van der Waals surface area contributed by atoms with Gasteiger partial charge in [-0.1, -0.05) is 30.3 Å². The maximum atomic E-state index is 13.1. The van der Waals surface area contributed by atoms with E-state index < -0.39 is 0 Å². The number of benzene rings is 2. The van der Waals surface area contributed by atoms with Crippen LogP contribution < -0.4 is 27.0 Å². The quantitative estimate of drug-likeness (QED) is 0.225. The number of nitrogens with one attached hydrogen (secondary N) is 4. The van der Waals surface area contributed by atoms with Crippen LogP contribution in [-0.2, 0) is 0 Å². The number of para-hydroxylation sites is 2. The van der Waals surface area contributed by atoms with Gasteiger partial charge in [-0.2, -0.15) is 15.0 Å². The number of hydrogen-bond acceptors (Lipinski definition) is 9. The molecular weight excluding hydrogens is 466 g/mol. The van der Waals surface area contributed by atoms with Crippen molar-refractivity contribution in [3.63, 3.8) is 0 Å². The van der Waals surface area contributed by atoms with Crippen LogP contribution in [0.3, 0.4) is 0 Å². The molecule has 0 spiro atoms. The number of anilines is 4. The van der Waals surface area contributed by atoms with Gasteiger partial charge in [-0.25, -0.2) is 4.98 Å². The van der Waals surface area contributed by atoms with Gasteiger partial charge in [-0.15, -0.1) is 0 Å². The van der Waals surface area contributed by atoms with Gasteiger partial charge in [0, 0.05) is 37.0 Å². The smallest absolute Gasteiger partial charge is 0.253 e. The maximum absolute atomic E-state index is 13.1. The van der Waals surface area contributed by atoms with Crippen LogP contribution in [0.4, 0.5) is 23.5 Å². The molecular formula is C27H33N9O. The lowest BCUT2D eigenvalue weighted by Gasteiger charge is -2.15. The predicted octanol–water partition coefficient (Wildman–Crippen LogP) is 4.18. The van der Waals surface area contributed by atoms with Crippen LogP contribution in [0.15, 0.2) is 42.5 Å². The second kappa shape index (κ2) is 11.7. The van der Waals surface area contributed by atoms with E-state index in [1.807, 2.05) is 36.4 Å². The first kappa shape index (κ1) is 24.5. The third-order valence-corrected chi connectivity index (χ3v) is 6.47. The summed E-state index contributed by atoms with van der Waals surface area (Å²) in [6, 6.07) is 13.9. The van der Waals surface area contributed by atoms with Crippen molar-refractivity contribution in [3.05, 3.63) is 48.0 Å². The molecule has 0 radical (unpaired) electrons. The van der Waals surface area contributed by atoms with E-state index >= 15 is 0 Å². The largest absolute Gasteiger partial charge is 0.384 e. The number of aromatic nitrogens is 4. The topological polar surface area (TPSA) is 143 Å². The van der Waals surface area contributed by atoms with Gasteiger partial charge in [0.15, 0.2) is 0 Å². The molecule has 0 aliphatic carbocycles. The molecule has 0 unspecified atom stereocenters. The summed E-state index contributed by atoms with van der Waals surface area (Å²) < 4.78 is 0. The summed E-state index contributed by atoms with van der Waals surface area (Å²) in [6.07, 6.45) is 5.73. The number of nitrogens with zero attached hydrogens (tertiary/aromatic N) is 4. The molecule has 192 valence electrons. The number of fused-ring (bicyclic) bond motifs is 4. The Labute approximate surface area is 215 Å². The number of nitrogens with two attached hydrogens (primary N) is 1.